The first kappa shape index (κ1) is 111. The molecule has 12 rings (SSSR count). The van der Waals surface area contributed by atoms with Gasteiger partial charge >= 0.3 is 36.0 Å². The van der Waals surface area contributed by atoms with E-state index >= 15 is 0 Å². The molecule has 36 nitrogen and oxygen atoms in total. The molecule has 3 saturated heterocycles. The molecule has 1 aromatic carbocycles. The molecule has 4 unspecified atom stereocenters. The number of ether oxygens (including phenoxy) is 3. The highest BCUT2D eigenvalue weighted by atomic mass is 35.5. The Morgan fingerprint density at radius 3 is 1.08 bits per heavy atom. The molecule has 7 saturated carbocycles. The quantitative estimate of drug-likeness (QED) is 0.0103. The number of Topliss-reactive ketones (excluding diaryl/α,β-unsaturated/α-hetero) is 3. The second-order valence-electron chi connectivity index (χ2n) is 48.1. The Morgan fingerprint density at radius 1 is 0.403 bits per heavy atom. The molecule has 38 heteroatoms. The predicted octanol–water partition coefficient (Wildman–Crippen LogP) is 7.67. The van der Waals surface area contributed by atoms with Crippen molar-refractivity contribution in [1.82, 2.24) is 62.6 Å². The average Bonchev–Trinajstić information content (AvgIpc) is 1.53. The van der Waals surface area contributed by atoms with Gasteiger partial charge in [0, 0.05) is 31.5 Å². The SMILES string of the molecule is C=CCOC(=O)C(NC(=O)N[C@H](C(=O)N1C[C@H]2[C@@H]([C@H]1C(=O)NC(CC1CC1)C(=O)C(N)=O)C2(C)C)C(C)(C)C)C(C)(C)C.CC(C)(C)OC(=O)[C@@H](NC(=O)N[C@H](C(=O)N1C[C@H]2[C@@H]([C@H]1C(=O)NC(CC1CC1)C(=O)C(N)=O)C2(Cl)Cl)C1Cc2ccccc2C1)C(C)(C)C.CC(C)(C)OC(=O)[C@H](NC(=O)N[C@H](C(=O)N1C[C@H]2[C@@H]([C@H]1C(=O)NC(CC1CCC1)C(=O)C(N)=O)C2(C)C)C(C)(C)C)C1CCCCC1. The van der Waals surface area contributed by atoms with E-state index in [9.17, 15) is 86.3 Å². The van der Waals surface area contributed by atoms with Crippen LogP contribution in [0.15, 0.2) is 36.9 Å². The summed E-state index contributed by atoms with van der Waals surface area (Å²) in [7, 11) is 0. The van der Waals surface area contributed by atoms with Gasteiger partial charge in [0.2, 0.25) is 52.8 Å². The maximum absolute atomic E-state index is 14.6. The third kappa shape index (κ3) is 27.3. The van der Waals surface area contributed by atoms with Gasteiger partial charge in [-0.05, 0) is 183 Å². The summed E-state index contributed by atoms with van der Waals surface area (Å²) < 4.78 is 15.2. The summed E-state index contributed by atoms with van der Waals surface area (Å²) in [6.45, 7) is 44.5. The number of primary amides is 3. The van der Waals surface area contributed by atoms with E-state index in [2.05, 4.69) is 68.3 Å². The monoisotopic (exact) mass is 1980 g/mol. The molecule has 1 aromatic rings. The van der Waals surface area contributed by atoms with Crippen LogP contribution in [0.1, 0.15) is 260 Å². The standard InChI is InChI=1S/C35H47Cl2N5O7.C35H57N5O7.C31H49N5O7/c1-33(2,3)27(31(47)49-34(4,5)6)41-32(48)40-24(20-14-18-9-7-8-10-19(18)15-20)30(46)42-16-21-23(35(21,36)37)25(42)29(45)39-22(13-17-11-12-17)26(43)28(38)44;1-33(2,3)27(39-32(46)38-24(20-15-10-9-11-16-20)31(45)47-34(4,5)6)30(44)40-18-21-23(35(21,7)8)25(40)29(43)37-22(26(41)28(36)42)17-19-13-12-14-19;1-10-13-43-27(41)23(30(5,6)7)35-28(42)34-22(29(2,3)4)26(40)36-15-17-19(31(17,8)9)20(36)25(39)33-18(14-16-11-12-16)21(37)24(32)38/h7-10,17,20-25,27H,11-16H2,1-6H3,(H2,38,44)(H,39,45)(H2,40,41,48);19-25,27H,9-18H2,1-8H3,(H2,36,42)(H,37,43)(H2,38,39,46);10,16-20,22-23H,1,11-15H2,2-9H3,(H2,32,38)(H,33,39)(H2,34,35,42)/t21-,22?,23-,24-,25-,27+;21-,22?,23-,24+,25-,27+;17-,18?,19-,20-,22+,23?/m000/s1. The Labute approximate surface area is 826 Å². The first-order valence-corrected chi connectivity index (χ1v) is 50.1. The molecular weight excluding hydrogens is 1830 g/mol. The van der Waals surface area contributed by atoms with Crippen molar-refractivity contribution >= 4 is 130 Å². The maximum atomic E-state index is 14.6. The number of piperidine rings is 3. The Kier molecular flexibility index (Phi) is 34.1. The second kappa shape index (κ2) is 42.7. The third-order valence-electron chi connectivity index (χ3n) is 29.8. The molecule has 18 atom stereocenters. The number of amides is 15. The van der Waals surface area contributed by atoms with Gasteiger partial charge in [0.15, 0.2) is 0 Å². The number of hydrogen-bond donors (Lipinski definition) is 12. The van der Waals surface area contributed by atoms with E-state index in [1.165, 1.54) is 20.8 Å². The number of fused-ring (bicyclic) bond motifs is 4. The van der Waals surface area contributed by atoms with Crippen molar-refractivity contribution in [2.75, 3.05) is 26.2 Å². The van der Waals surface area contributed by atoms with Crippen LogP contribution in [0.2, 0.25) is 0 Å². The molecule has 8 aliphatic carbocycles. The molecule has 15 amide bonds. The van der Waals surface area contributed by atoms with Crippen molar-refractivity contribution in [3.05, 3.63) is 48.0 Å². The molecule has 15 N–H and O–H groups in total. The Balaban J connectivity index is 0.000000215. The van der Waals surface area contributed by atoms with Crippen LogP contribution in [0, 0.1) is 97.6 Å². The lowest BCUT2D eigenvalue weighted by atomic mass is 9.80. The lowest BCUT2D eigenvalue weighted by molar-refractivity contribution is -0.160. The fourth-order valence-electron chi connectivity index (χ4n) is 21.2. The van der Waals surface area contributed by atoms with Crippen molar-refractivity contribution in [3.8, 4) is 0 Å². The molecule has 11 aliphatic rings. The van der Waals surface area contributed by atoms with Crippen molar-refractivity contribution in [2.45, 2.75) is 350 Å². The van der Waals surface area contributed by atoms with Crippen molar-refractivity contribution < 1.29 is 101 Å². The van der Waals surface area contributed by atoms with E-state index in [0.717, 1.165) is 88.2 Å². The van der Waals surface area contributed by atoms with E-state index in [1.54, 1.807) is 104 Å². The van der Waals surface area contributed by atoms with Gasteiger partial charge in [-0.25, -0.2) is 28.8 Å². The number of nitrogens with zero attached hydrogens (tertiary/aromatic N) is 3. The number of likely N-dealkylation sites (tertiary alicyclic amines) is 3. The normalized spacial score (nSPS) is 25.0. The number of halogens is 2. The largest absolute Gasteiger partial charge is 0.460 e. The number of hydrogen-bond acceptors (Lipinski definition) is 21. The van der Waals surface area contributed by atoms with Gasteiger partial charge in [0.25, 0.3) is 17.7 Å². The van der Waals surface area contributed by atoms with Gasteiger partial charge in [0.1, 0.15) is 76.5 Å². The number of rotatable bonds is 34. The van der Waals surface area contributed by atoms with E-state index < -0.39 is 228 Å². The molecule has 772 valence electrons. The van der Waals surface area contributed by atoms with Crippen LogP contribution in [-0.2, 0) is 99.0 Å². The van der Waals surface area contributed by atoms with E-state index in [0.29, 0.717) is 38.8 Å². The van der Waals surface area contributed by atoms with Crippen LogP contribution in [0.3, 0.4) is 0 Å². The number of ketones is 3. The molecule has 10 fully saturated rings. The smallest absolute Gasteiger partial charge is 0.329 e. The second-order valence-corrected chi connectivity index (χ2v) is 49.6. The number of carbonyl (C=O) groups excluding carboxylic acids is 18. The molecule has 0 radical (unpaired) electrons. The minimum atomic E-state index is -1.27. The lowest BCUT2D eigenvalue weighted by Crippen LogP contribution is -2.62. The average molecular weight is 1980 g/mol. The minimum Gasteiger partial charge on any atom is -0.460 e. The molecule has 3 heterocycles. The van der Waals surface area contributed by atoms with Gasteiger partial charge in [-0.3, -0.25) is 57.5 Å². The number of urea groups is 3. The van der Waals surface area contributed by atoms with Gasteiger partial charge in [-0.1, -0.05) is 212 Å². The number of alkyl halides is 2. The van der Waals surface area contributed by atoms with Crippen LogP contribution in [-0.4, -0.2) is 235 Å². The predicted molar refractivity (Wildman–Crippen MR) is 517 cm³/mol. The Bertz CT molecular complexity index is 4860. The maximum Gasteiger partial charge on any atom is 0.329 e. The van der Waals surface area contributed by atoms with E-state index in [-0.39, 0.29) is 83.7 Å². The van der Waals surface area contributed by atoms with Crippen molar-refractivity contribution in [2.24, 2.45) is 115 Å². The third-order valence-corrected chi connectivity index (χ3v) is 30.9. The summed E-state index contributed by atoms with van der Waals surface area (Å²) in [5.41, 5.74) is 13.1. The topological polar surface area (TPSA) is 531 Å². The molecular formula is C101H153Cl2N15O21. The zero-order chi connectivity index (χ0) is 104. The van der Waals surface area contributed by atoms with E-state index in [4.69, 9.17) is 54.6 Å². The number of esters is 3. The molecule has 139 heavy (non-hydrogen) atoms. The van der Waals surface area contributed by atoms with Crippen LogP contribution < -0.4 is 65.1 Å². The van der Waals surface area contributed by atoms with Crippen molar-refractivity contribution in [1.29, 1.82) is 0 Å². The summed E-state index contributed by atoms with van der Waals surface area (Å²) in [5.74, 6) is -11.8. The van der Waals surface area contributed by atoms with Crippen LogP contribution in [0.5, 0.6) is 0 Å². The van der Waals surface area contributed by atoms with Crippen molar-refractivity contribution in [3.63, 3.8) is 0 Å². The number of nitrogens with one attached hydrogen (secondary N) is 9. The molecule has 0 bridgehead atoms. The lowest BCUT2D eigenvalue weighted by Gasteiger charge is -2.38. The zero-order valence-electron chi connectivity index (χ0n) is 85.1. The van der Waals surface area contributed by atoms with Gasteiger partial charge < -0.3 is 94.0 Å². The number of carbonyl (C=O) groups is 18. The summed E-state index contributed by atoms with van der Waals surface area (Å²) in [6, 6.07) is -6.61. The zero-order valence-corrected chi connectivity index (χ0v) is 86.6. The minimum absolute atomic E-state index is 0.0124. The highest BCUT2D eigenvalue weighted by Crippen LogP contribution is 2.67. The van der Waals surface area contributed by atoms with Crippen LogP contribution in [0.4, 0.5) is 14.4 Å². The summed E-state index contributed by atoms with van der Waals surface area (Å²) in [5, 5.41) is 24.9. The molecule has 3 aliphatic heterocycles. The van der Waals surface area contributed by atoms with Crippen LogP contribution >= 0.6 is 23.2 Å². The highest BCUT2D eigenvalue weighted by Gasteiger charge is 2.75. The van der Waals surface area contributed by atoms with E-state index in [1.807, 2.05) is 58.9 Å². The summed E-state index contributed by atoms with van der Waals surface area (Å²) in [4.78, 5) is 242. The summed E-state index contributed by atoms with van der Waals surface area (Å²) in [6.07, 6.45) is 14.3. The van der Waals surface area contributed by atoms with Gasteiger partial charge in [-0.2, -0.15) is 0 Å². The number of benzene rings is 1. The highest BCUT2D eigenvalue weighted by molar-refractivity contribution is 6.51. The Hall–Kier alpha value is -10.0. The number of nitrogens with two attached hydrogens (primary N) is 3. The van der Waals surface area contributed by atoms with Crippen LogP contribution in [0.25, 0.3) is 0 Å². The summed E-state index contributed by atoms with van der Waals surface area (Å²) >= 11 is 13.1. The Morgan fingerprint density at radius 2 is 0.734 bits per heavy atom. The first-order valence-electron chi connectivity index (χ1n) is 49.3. The fourth-order valence-corrected chi connectivity index (χ4v) is 22.0. The first-order chi connectivity index (χ1) is 64.1. The fraction of sp³-hybridized carbons (Fsp3) is 0.743. The molecule has 0 aromatic heterocycles. The van der Waals surface area contributed by atoms with Gasteiger partial charge in [0.05, 0.1) is 18.1 Å². The van der Waals surface area contributed by atoms with Gasteiger partial charge in [-0.15, -0.1) is 23.2 Å². The molecule has 0 spiro atoms.